The van der Waals surface area contributed by atoms with Gasteiger partial charge in [0.05, 0.1) is 11.5 Å². The largest absolute Gasteiger partial charge is 0.325 e. The number of carbonyl (C=O) groups excluding carboxylic acids is 2. The molecule has 6 nitrogen and oxygen atoms in total. The maximum absolute atomic E-state index is 12.8. The van der Waals surface area contributed by atoms with E-state index in [1.54, 1.807) is 0 Å². The van der Waals surface area contributed by atoms with Gasteiger partial charge in [-0.15, -0.1) is 22.0 Å². The molecule has 1 heterocycles. The summed E-state index contributed by atoms with van der Waals surface area (Å²) in [6.07, 6.45) is 2.28. The monoisotopic (exact) mass is 366 g/mol. The minimum atomic E-state index is -0.361. The highest BCUT2D eigenvalue weighted by Crippen LogP contribution is 2.42. The Bertz CT molecular complexity index is 731. The standard InChI is InChI=1S/C15H15FN4O2S2/c16-10-3-5-11(6-4-10)17-12(21)7-23-8-13(22)18-15-20-19-14(24-15)9-1-2-9/h3-6,9H,1-2,7-8H2,(H,17,21)(H,18,20,22). The molecule has 1 fully saturated rings. The van der Waals surface area contributed by atoms with Gasteiger partial charge in [-0.25, -0.2) is 4.39 Å². The number of amides is 2. The Hall–Kier alpha value is -2.00. The first kappa shape index (κ1) is 16.8. The molecule has 0 radical (unpaired) electrons. The van der Waals surface area contributed by atoms with Crippen molar-refractivity contribution >= 4 is 45.7 Å². The molecule has 1 aromatic carbocycles. The molecule has 9 heteroatoms. The second-order valence-electron chi connectivity index (χ2n) is 5.32. The number of nitrogens with one attached hydrogen (secondary N) is 2. The van der Waals surface area contributed by atoms with Crippen LogP contribution in [0.5, 0.6) is 0 Å². The lowest BCUT2D eigenvalue weighted by Crippen LogP contribution is -2.18. The van der Waals surface area contributed by atoms with Crippen molar-refractivity contribution < 1.29 is 14.0 Å². The van der Waals surface area contributed by atoms with Crippen molar-refractivity contribution in [3.8, 4) is 0 Å². The van der Waals surface area contributed by atoms with Gasteiger partial charge in [0.25, 0.3) is 0 Å². The third-order valence-electron chi connectivity index (χ3n) is 3.21. The van der Waals surface area contributed by atoms with Crippen LogP contribution in [0.15, 0.2) is 24.3 Å². The van der Waals surface area contributed by atoms with E-state index in [0.29, 0.717) is 16.7 Å². The normalized spacial score (nSPS) is 13.5. The van der Waals surface area contributed by atoms with Gasteiger partial charge in [0.2, 0.25) is 16.9 Å². The summed E-state index contributed by atoms with van der Waals surface area (Å²) in [5.41, 5.74) is 0.521. The molecular weight excluding hydrogens is 351 g/mol. The number of halogens is 1. The molecule has 2 amide bonds. The topological polar surface area (TPSA) is 84.0 Å². The summed E-state index contributed by atoms with van der Waals surface area (Å²) in [6, 6.07) is 5.51. The predicted molar refractivity (Wildman–Crippen MR) is 92.9 cm³/mol. The van der Waals surface area contributed by atoms with E-state index in [1.165, 1.54) is 47.4 Å². The van der Waals surface area contributed by atoms with Gasteiger partial charge in [-0.3, -0.25) is 14.9 Å². The lowest BCUT2D eigenvalue weighted by Gasteiger charge is -2.05. The third-order valence-corrected chi connectivity index (χ3v) is 5.14. The maximum atomic E-state index is 12.8. The van der Waals surface area contributed by atoms with Gasteiger partial charge in [0, 0.05) is 11.6 Å². The molecule has 1 aromatic heterocycles. The molecule has 0 spiro atoms. The Morgan fingerprint density at radius 1 is 1.12 bits per heavy atom. The average molecular weight is 366 g/mol. The van der Waals surface area contributed by atoms with Gasteiger partial charge >= 0.3 is 0 Å². The summed E-state index contributed by atoms with van der Waals surface area (Å²) >= 11 is 2.60. The Labute approximate surface area is 146 Å². The maximum Gasteiger partial charge on any atom is 0.236 e. The molecule has 3 rings (SSSR count). The van der Waals surface area contributed by atoms with E-state index in [1.807, 2.05) is 0 Å². The average Bonchev–Trinajstić information content (AvgIpc) is 3.30. The summed E-state index contributed by atoms with van der Waals surface area (Å²) in [4.78, 5) is 23.6. The van der Waals surface area contributed by atoms with Crippen molar-refractivity contribution in [3.63, 3.8) is 0 Å². The number of carbonyl (C=O) groups is 2. The number of thioether (sulfide) groups is 1. The van der Waals surface area contributed by atoms with Crippen LogP contribution in [0.4, 0.5) is 15.2 Å². The fourth-order valence-electron chi connectivity index (χ4n) is 1.90. The lowest BCUT2D eigenvalue weighted by atomic mass is 10.3. The van der Waals surface area contributed by atoms with Gasteiger partial charge in [-0.1, -0.05) is 11.3 Å². The van der Waals surface area contributed by atoms with E-state index < -0.39 is 0 Å². The molecule has 2 aromatic rings. The van der Waals surface area contributed by atoms with Crippen molar-refractivity contribution in [2.75, 3.05) is 22.1 Å². The number of benzene rings is 1. The highest BCUT2D eigenvalue weighted by Gasteiger charge is 2.27. The molecule has 24 heavy (non-hydrogen) atoms. The molecule has 1 aliphatic rings. The first-order valence-electron chi connectivity index (χ1n) is 7.36. The smallest absolute Gasteiger partial charge is 0.236 e. The Morgan fingerprint density at radius 2 is 1.79 bits per heavy atom. The molecule has 0 unspecified atom stereocenters. The first-order valence-corrected chi connectivity index (χ1v) is 9.33. The van der Waals surface area contributed by atoms with Gasteiger partial charge in [-0.2, -0.15) is 0 Å². The van der Waals surface area contributed by atoms with Crippen molar-refractivity contribution in [1.82, 2.24) is 10.2 Å². The zero-order chi connectivity index (χ0) is 16.9. The Kier molecular flexibility index (Phi) is 5.41. The molecule has 2 N–H and O–H groups in total. The minimum Gasteiger partial charge on any atom is -0.325 e. The van der Waals surface area contributed by atoms with E-state index in [-0.39, 0.29) is 29.1 Å². The van der Waals surface area contributed by atoms with Crippen LogP contribution >= 0.6 is 23.1 Å². The van der Waals surface area contributed by atoms with E-state index in [9.17, 15) is 14.0 Å². The highest BCUT2D eigenvalue weighted by molar-refractivity contribution is 8.00. The SMILES string of the molecule is O=C(CSCC(=O)Nc1nnc(C2CC2)s1)Nc1ccc(F)cc1. The molecule has 0 atom stereocenters. The Morgan fingerprint density at radius 3 is 2.46 bits per heavy atom. The predicted octanol–water partition coefficient (Wildman–Crippen LogP) is 2.87. The first-order chi connectivity index (χ1) is 11.6. The van der Waals surface area contributed by atoms with Gasteiger partial charge in [-0.05, 0) is 37.1 Å². The van der Waals surface area contributed by atoms with E-state index >= 15 is 0 Å². The van der Waals surface area contributed by atoms with E-state index in [4.69, 9.17) is 0 Å². The molecule has 1 saturated carbocycles. The Balaban J connectivity index is 1.36. The van der Waals surface area contributed by atoms with Crippen molar-refractivity contribution in [1.29, 1.82) is 0 Å². The van der Waals surface area contributed by atoms with Crippen LogP contribution in [0.3, 0.4) is 0 Å². The van der Waals surface area contributed by atoms with Crippen LogP contribution < -0.4 is 10.6 Å². The minimum absolute atomic E-state index is 0.133. The fraction of sp³-hybridized carbons (Fsp3) is 0.333. The summed E-state index contributed by atoms with van der Waals surface area (Å²) in [5, 5.41) is 14.8. The number of anilines is 2. The van der Waals surface area contributed by atoms with Crippen LogP contribution in [-0.4, -0.2) is 33.5 Å². The van der Waals surface area contributed by atoms with Crippen LogP contribution in [0, 0.1) is 5.82 Å². The van der Waals surface area contributed by atoms with Crippen molar-refractivity contribution in [3.05, 3.63) is 35.1 Å². The quantitative estimate of drug-likeness (QED) is 0.787. The molecule has 1 aliphatic carbocycles. The molecular formula is C15H15FN4O2S2. The van der Waals surface area contributed by atoms with Gasteiger partial charge in [0.15, 0.2) is 0 Å². The second kappa shape index (κ2) is 7.71. The van der Waals surface area contributed by atoms with Gasteiger partial charge in [0.1, 0.15) is 10.8 Å². The van der Waals surface area contributed by atoms with Crippen LogP contribution in [0.2, 0.25) is 0 Å². The molecule has 0 saturated heterocycles. The fourth-order valence-corrected chi connectivity index (χ4v) is 3.45. The van der Waals surface area contributed by atoms with Crippen LogP contribution in [-0.2, 0) is 9.59 Å². The van der Waals surface area contributed by atoms with Crippen molar-refractivity contribution in [2.45, 2.75) is 18.8 Å². The van der Waals surface area contributed by atoms with Crippen LogP contribution in [0.1, 0.15) is 23.8 Å². The third kappa shape index (κ3) is 5.00. The molecule has 126 valence electrons. The zero-order valence-corrected chi connectivity index (χ0v) is 14.3. The van der Waals surface area contributed by atoms with Crippen LogP contribution in [0.25, 0.3) is 0 Å². The summed E-state index contributed by atoms with van der Waals surface area (Å²) in [5.74, 6) is -0.0265. The summed E-state index contributed by atoms with van der Waals surface area (Å²) in [7, 11) is 0. The molecule has 0 bridgehead atoms. The zero-order valence-electron chi connectivity index (χ0n) is 12.6. The van der Waals surface area contributed by atoms with Crippen molar-refractivity contribution in [2.24, 2.45) is 0 Å². The summed E-state index contributed by atoms with van der Waals surface area (Å²) < 4.78 is 12.8. The van der Waals surface area contributed by atoms with Gasteiger partial charge < -0.3 is 5.32 Å². The summed E-state index contributed by atoms with van der Waals surface area (Å²) in [6.45, 7) is 0. The van der Waals surface area contributed by atoms with E-state index in [2.05, 4.69) is 20.8 Å². The lowest BCUT2D eigenvalue weighted by molar-refractivity contribution is -0.114. The van der Waals surface area contributed by atoms with E-state index in [0.717, 1.165) is 17.8 Å². The number of nitrogens with zero attached hydrogens (tertiary/aromatic N) is 2. The highest BCUT2D eigenvalue weighted by atomic mass is 32.2. The number of aromatic nitrogens is 2. The molecule has 0 aliphatic heterocycles. The number of hydrogen-bond donors (Lipinski definition) is 2. The number of hydrogen-bond acceptors (Lipinski definition) is 6. The second-order valence-corrected chi connectivity index (χ2v) is 7.31. The number of rotatable bonds is 7.